The van der Waals surface area contributed by atoms with Crippen molar-refractivity contribution < 1.29 is 14.7 Å². The summed E-state index contributed by atoms with van der Waals surface area (Å²) in [5, 5.41) is 12.5. The Morgan fingerprint density at radius 1 is 1.11 bits per heavy atom. The normalized spacial score (nSPS) is 25.7. The number of hydrogen-bond acceptors (Lipinski definition) is 5. The van der Waals surface area contributed by atoms with Gasteiger partial charge in [-0.2, -0.15) is 0 Å². The first-order valence-electron chi connectivity index (χ1n) is 9.26. The Labute approximate surface area is 158 Å². The first-order valence-corrected chi connectivity index (χ1v) is 9.26. The smallest absolute Gasteiger partial charge is 0.256 e. The van der Waals surface area contributed by atoms with E-state index in [0.717, 1.165) is 17.9 Å². The van der Waals surface area contributed by atoms with Gasteiger partial charge >= 0.3 is 0 Å². The molecular formula is C21H23N3O3. The minimum atomic E-state index is -0.365. The lowest BCUT2D eigenvalue weighted by Crippen LogP contribution is -2.54. The highest BCUT2D eigenvalue weighted by Crippen LogP contribution is 2.31. The second kappa shape index (κ2) is 6.95. The molecule has 0 saturated carbocycles. The first kappa shape index (κ1) is 17.4. The van der Waals surface area contributed by atoms with Crippen LogP contribution in [0, 0.1) is 5.92 Å². The monoisotopic (exact) mass is 365 g/mol. The van der Waals surface area contributed by atoms with Crippen molar-refractivity contribution in [2.45, 2.75) is 19.4 Å². The van der Waals surface area contributed by atoms with Crippen molar-refractivity contribution in [1.29, 1.82) is 0 Å². The maximum Gasteiger partial charge on any atom is 0.256 e. The van der Waals surface area contributed by atoms with Crippen LogP contribution < -0.4 is 10.2 Å². The summed E-state index contributed by atoms with van der Waals surface area (Å²) in [6, 6.07) is 9.81. The third kappa shape index (κ3) is 3.47. The highest BCUT2D eigenvalue weighted by molar-refractivity contribution is 6.17. The summed E-state index contributed by atoms with van der Waals surface area (Å²) in [4.78, 5) is 28.5. The standard InChI is InChI=1S/C21H23N3O3/c1-14-9-16(11-17(25)10-14)24-8-7-23(15-5-3-2-4-6-15)13-19(24)18-12-20(26)22-21(18)27/h2-6,9,11-12,14,19,25H,7-8,10,13H2,1H3,(H,22,26,27). The molecule has 2 unspecified atom stereocenters. The maximum absolute atomic E-state index is 12.4. The number of aliphatic hydroxyl groups is 1. The van der Waals surface area contributed by atoms with Crippen molar-refractivity contribution >= 4 is 17.5 Å². The number of carbonyl (C=O) groups is 2. The van der Waals surface area contributed by atoms with Crippen LogP contribution in [0.3, 0.4) is 0 Å². The fourth-order valence-electron chi connectivity index (χ4n) is 4.04. The summed E-state index contributed by atoms with van der Waals surface area (Å²) < 4.78 is 0. The third-order valence-corrected chi connectivity index (χ3v) is 5.28. The number of nitrogens with one attached hydrogen (secondary N) is 1. The Balaban J connectivity index is 1.68. The number of rotatable bonds is 3. The number of hydrogen-bond donors (Lipinski definition) is 2. The van der Waals surface area contributed by atoms with Gasteiger partial charge in [0.15, 0.2) is 0 Å². The Morgan fingerprint density at radius 3 is 2.56 bits per heavy atom. The van der Waals surface area contributed by atoms with Gasteiger partial charge in [0.25, 0.3) is 11.8 Å². The molecule has 0 radical (unpaired) electrons. The van der Waals surface area contributed by atoms with Gasteiger partial charge in [0.1, 0.15) is 0 Å². The molecule has 1 aromatic rings. The number of anilines is 1. The van der Waals surface area contributed by atoms with Crippen molar-refractivity contribution in [3.63, 3.8) is 0 Å². The molecule has 0 bridgehead atoms. The molecule has 6 heteroatoms. The van der Waals surface area contributed by atoms with Gasteiger partial charge in [-0.3, -0.25) is 14.9 Å². The minimum absolute atomic E-state index is 0.228. The maximum atomic E-state index is 12.4. The van der Waals surface area contributed by atoms with Crippen LogP contribution in [0.2, 0.25) is 0 Å². The van der Waals surface area contributed by atoms with Gasteiger partial charge in [-0.15, -0.1) is 0 Å². The number of allylic oxidation sites excluding steroid dienone is 3. The van der Waals surface area contributed by atoms with Crippen LogP contribution in [0.1, 0.15) is 13.3 Å². The molecule has 2 atom stereocenters. The molecular weight excluding hydrogens is 342 g/mol. The van der Waals surface area contributed by atoms with Crippen molar-refractivity contribution in [3.8, 4) is 0 Å². The molecule has 27 heavy (non-hydrogen) atoms. The fraction of sp³-hybridized carbons (Fsp3) is 0.333. The summed E-state index contributed by atoms with van der Waals surface area (Å²) in [5.41, 5.74) is 2.49. The Bertz CT molecular complexity index is 857. The average molecular weight is 365 g/mol. The van der Waals surface area contributed by atoms with Gasteiger partial charge < -0.3 is 14.9 Å². The van der Waals surface area contributed by atoms with Crippen LogP contribution in [-0.2, 0) is 9.59 Å². The van der Waals surface area contributed by atoms with E-state index in [-0.39, 0.29) is 23.8 Å². The number of amides is 2. The number of aliphatic hydroxyl groups excluding tert-OH is 1. The number of imide groups is 1. The quantitative estimate of drug-likeness (QED) is 0.803. The van der Waals surface area contributed by atoms with Crippen LogP contribution in [-0.4, -0.2) is 47.5 Å². The van der Waals surface area contributed by atoms with E-state index < -0.39 is 0 Å². The predicted octanol–water partition coefficient (Wildman–Crippen LogP) is 2.13. The average Bonchev–Trinajstić information content (AvgIpc) is 2.99. The molecule has 4 rings (SSSR count). The van der Waals surface area contributed by atoms with Gasteiger partial charge in [0.2, 0.25) is 0 Å². The lowest BCUT2D eigenvalue weighted by Gasteiger charge is -2.45. The molecule has 3 aliphatic rings. The molecule has 2 N–H and O–H groups in total. The van der Waals surface area contributed by atoms with E-state index in [9.17, 15) is 14.7 Å². The highest BCUT2D eigenvalue weighted by Gasteiger charge is 2.37. The molecule has 2 aliphatic heterocycles. The summed E-state index contributed by atoms with van der Waals surface area (Å²) in [5.74, 6) is -0.116. The zero-order valence-corrected chi connectivity index (χ0v) is 15.3. The molecule has 140 valence electrons. The number of piperazine rings is 1. The van der Waals surface area contributed by atoms with Crippen LogP contribution in [0.4, 0.5) is 5.69 Å². The van der Waals surface area contributed by atoms with E-state index in [2.05, 4.69) is 40.2 Å². The summed E-state index contributed by atoms with van der Waals surface area (Å²) in [7, 11) is 0. The minimum Gasteiger partial charge on any atom is -0.512 e. The van der Waals surface area contributed by atoms with Gasteiger partial charge in [-0.05, 0) is 24.1 Å². The first-order chi connectivity index (χ1) is 13.0. The molecule has 1 aliphatic carbocycles. The molecule has 2 amide bonds. The highest BCUT2D eigenvalue weighted by atomic mass is 16.3. The van der Waals surface area contributed by atoms with E-state index in [1.165, 1.54) is 6.08 Å². The van der Waals surface area contributed by atoms with E-state index in [0.29, 0.717) is 30.8 Å². The lowest BCUT2D eigenvalue weighted by molar-refractivity contribution is -0.124. The van der Waals surface area contributed by atoms with Crippen LogP contribution >= 0.6 is 0 Å². The van der Waals surface area contributed by atoms with Crippen molar-refractivity contribution in [1.82, 2.24) is 10.2 Å². The fourth-order valence-corrected chi connectivity index (χ4v) is 4.04. The van der Waals surface area contributed by atoms with Crippen LogP contribution in [0.25, 0.3) is 0 Å². The molecule has 1 saturated heterocycles. The van der Waals surface area contributed by atoms with E-state index >= 15 is 0 Å². The van der Waals surface area contributed by atoms with Gasteiger partial charge in [0.05, 0.1) is 11.8 Å². The lowest BCUT2D eigenvalue weighted by atomic mass is 9.95. The number of para-hydroxylation sites is 1. The zero-order valence-electron chi connectivity index (χ0n) is 15.3. The van der Waals surface area contributed by atoms with Gasteiger partial charge in [-0.1, -0.05) is 31.2 Å². The molecule has 0 aromatic heterocycles. The second-order valence-electron chi connectivity index (χ2n) is 7.32. The zero-order chi connectivity index (χ0) is 19.0. The number of benzene rings is 1. The Kier molecular flexibility index (Phi) is 4.48. The van der Waals surface area contributed by atoms with Gasteiger partial charge in [-0.25, -0.2) is 0 Å². The summed E-state index contributed by atoms with van der Waals surface area (Å²) >= 11 is 0. The summed E-state index contributed by atoms with van der Waals surface area (Å²) in [6.07, 6.45) is 5.94. The van der Waals surface area contributed by atoms with Crippen molar-refractivity contribution in [3.05, 3.63) is 65.6 Å². The molecule has 0 spiro atoms. The Morgan fingerprint density at radius 2 is 1.89 bits per heavy atom. The predicted molar refractivity (Wildman–Crippen MR) is 103 cm³/mol. The van der Waals surface area contributed by atoms with E-state index in [1.807, 2.05) is 18.2 Å². The van der Waals surface area contributed by atoms with E-state index in [1.54, 1.807) is 6.08 Å². The van der Waals surface area contributed by atoms with Crippen molar-refractivity contribution in [2.24, 2.45) is 5.92 Å². The van der Waals surface area contributed by atoms with Crippen LogP contribution in [0.15, 0.2) is 65.6 Å². The SMILES string of the molecule is CC1C=C(N2CCN(c3ccccc3)CC2C2=CC(=O)NC2=O)C=C(O)C1. The van der Waals surface area contributed by atoms with E-state index in [4.69, 9.17) is 0 Å². The third-order valence-electron chi connectivity index (χ3n) is 5.28. The second-order valence-corrected chi connectivity index (χ2v) is 7.32. The summed E-state index contributed by atoms with van der Waals surface area (Å²) in [6.45, 7) is 4.14. The van der Waals surface area contributed by atoms with Gasteiger partial charge in [0, 0.05) is 49.1 Å². The molecule has 6 nitrogen and oxygen atoms in total. The molecule has 2 heterocycles. The Hall–Kier alpha value is -3.02. The largest absolute Gasteiger partial charge is 0.512 e. The molecule has 1 fully saturated rings. The molecule has 1 aromatic carbocycles. The van der Waals surface area contributed by atoms with Crippen LogP contribution in [0.5, 0.6) is 0 Å². The number of carbonyl (C=O) groups excluding carboxylic acids is 2. The van der Waals surface area contributed by atoms with Crippen molar-refractivity contribution in [2.75, 3.05) is 24.5 Å². The topological polar surface area (TPSA) is 72.9 Å². The number of nitrogens with zero attached hydrogens (tertiary/aromatic N) is 2.